The third kappa shape index (κ3) is 3.75. The molecular weight excluding hydrogens is 397 g/mol. The molecule has 8 nitrogen and oxygen atoms in total. The summed E-state index contributed by atoms with van der Waals surface area (Å²) >= 11 is 0. The molecule has 2 aromatic carbocycles. The minimum atomic E-state index is -3.33. The predicted octanol–water partition coefficient (Wildman–Crippen LogP) is 2.07. The molecule has 0 fully saturated rings. The van der Waals surface area contributed by atoms with Gasteiger partial charge in [-0.2, -0.15) is 4.80 Å². The predicted molar refractivity (Wildman–Crippen MR) is 104 cm³/mol. The molecule has 0 N–H and O–H groups in total. The molecule has 1 aromatic heterocycles. The number of anilines is 1. The molecule has 0 aliphatic carbocycles. The van der Waals surface area contributed by atoms with Gasteiger partial charge >= 0.3 is 0 Å². The number of sulfonamides is 1. The second-order valence-corrected chi connectivity index (χ2v) is 8.83. The Labute approximate surface area is 167 Å². The molecule has 0 spiro atoms. The van der Waals surface area contributed by atoms with Crippen molar-refractivity contribution in [2.75, 3.05) is 16.6 Å². The Balaban J connectivity index is 1.52. The van der Waals surface area contributed by atoms with Crippen LogP contribution < -0.4 is 4.31 Å². The van der Waals surface area contributed by atoms with E-state index in [1.165, 1.54) is 16.4 Å². The Morgan fingerprint density at radius 2 is 2.03 bits per heavy atom. The molecule has 10 heteroatoms. The smallest absolute Gasteiger partial charge is 0.234 e. The standard InChI is InChI=1S/C19H18FN5O3S/c1-2-29(27,28)24-9-8-13-10-14(6-7-17(13)24)18(26)12-25-22-19(21-23-25)15-4-3-5-16(20)11-15/h3-7,10-11H,2,8-9,12H2,1H3. The lowest BCUT2D eigenvalue weighted by molar-refractivity contribution is 0.0961. The van der Waals surface area contributed by atoms with Gasteiger partial charge in [-0.15, -0.1) is 10.2 Å². The van der Waals surface area contributed by atoms with Gasteiger partial charge in [-0.1, -0.05) is 12.1 Å². The SMILES string of the molecule is CCS(=O)(=O)N1CCc2cc(C(=O)Cn3nnc(-c4cccc(F)c4)n3)ccc21. The Bertz CT molecular complexity index is 1190. The fourth-order valence-corrected chi connectivity index (χ4v) is 4.42. The number of fused-ring (bicyclic) bond motifs is 1. The first kappa shape index (κ1) is 19.2. The van der Waals surface area contributed by atoms with Crippen LogP contribution in [0.5, 0.6) is 0 Å². The van der Waals surface area contributed by atoms with Crippen LogP contribution in [0.4, 0.5) is 10.1 Å². The number of carbonyl (C=O) groups is 1. The first-order valence-corrected chi connectivity index (χ1v) is 10.7. The third-order valence-electron chi connectivity index (χ3n) is 4.78. The molecule has 0 bridgehead atoms. The summed E-state index contributed by atoms with van der Waals surface area (Å²) in [6.45, 7) is 1.86. The van der Waals surface area contributed by atoms with Crippen LogP contribution in [0.3, 0.4) is 0 Å². The van der Waals surface area contributed by atoms with Crippen LogP contribution in [0.1, 0.15) is 22.8 Å². The molecule has 0 saturated heterocycles. The van der Waals surface area contributed by atoms with Crippen molar-refractivity contribution in [3.63, 3.8) is 0 Å². The minimum Gasteiger partial charge on any atom is -0.292 e. The van der Waals surface area contributed by atoms with Crippen LogP contribution in [-0.2, 0) is 23.0 Å². The van der Waals surface area contributed by atoms with Gasteiger partial charge in [0, 0.05) is 17.7 Å². The molecule has 0 atom stereocenters. The fraction of sp³-hybridized carbons (Fsp3) is 0.263. The van der Waals surface area contributed by atoms with E-state index in [0.29, 0.717) is 29.8 Å². The molecule has 4 rings (SSSR count). The minimum absolute atomic E-state index is 0.0265. The largest absolute Gasteiger partial charge is 0.292 e. The summed E-state index contributed by atoms with van der Waals surface area (Å²) < 4.78 is 39.1. The number of Topliss-reactive ketones (excluding diaryl/α,β-unsaturated/α-hetero) is 1. The molecule has 150 valence electrons. The summed E-state index contributed by atoms with van der Waals surface area (Å²) in [6, 6.07) is 10.8. The van der Waals surface area contributed by atoms with Crippen molar-refractivity contribution in [2.45, 2.75) is 19.9 Å². The zero-order chi connectivity index (χ0) is 20.6. The van der Waals surface area contributed by atoms with Crippen molar-refractivity contribution < 1.29 is 17.6 Å². The summed E-state index contributed by atoms with van der Waals surface area (Å²) in [5, 5.41) is 11.9. The van der Waals surface area contributed by atoms with Crippen molar-refractivity contribution in [3.8, 4) is 11.4 Å². The summed E-state index contributed by atoms with van der Waals surface area (Å²) in [4.78, 5) is 13.8. The monoisotopic (exact) mass is 415 g/mol. The van der Waals surface area contributed by atoms with E-state index in [0.717, 1.165) is 10.4 Å². The van der Waals surface area contributed by atoms with Gasteiger partial charge in [0.15, 0.2) is 5.78 Å². The maximum absolute atomic E-state index is 13.3. The van der Waals surface area contributed by atoms with E-state index in [4.69, 9.17) is 0 Å². The topological polar surface area (TPSA) is 98.1 Å². The lowest BCUT2D eigenvalue weighted by Gasteiger charge is -2.18. The van der Waals surface area contributed by atoms with Crippen LogP contribution in [0.15, 0.2) is 42.5 Å². The van der Waals surface area contributed by atoms with Gasteiger partial charge in [0.2, 0.25) is 15.8 Å². The third-order valence-corrected chi connectivity index (χ3v) is 6.56. The Kier molecular flexibility index (Phi) is 4.87. The molecule has 3 aromatic rings. The average Bonchev–Trinajstić information content (AvgIpc) is 3.34. The first-order chi connectivity index (χ1) is 13.9. The van der Waals surface area contributed by atoms with Crippen molar-refractivity contribution in [1.29, 1.82) is 0 Å². The van der Waals surface area contributed by atoms with E-state index in [2.05, 4.69) is 15.4 Å². The second kappa shape index (κ2) is 7.36. The van der Waals surface area contributed by atoms with E-state index in [9.17, 15) is 17.6 Å². The Morgan fingerprint density at radius 3 is 2.79 bits per heavy atom. The van der Waals surface area contributed by atoms with E-state index in [1.807, 2.05) is 0 Å². The van der Waals surface area contributed by atoms with Crippen molar-refractivity contribution >= 4 is 21.5 Å². The lowest BCUT2D eigenvalue weighted by atomic mass is 10.1. The van der Waals surface area contributed by atoms with E-state index in [-0.39, 0.29) is 23.9 Å². The number of halogens is 1. The van der Waals surface area contributed by atoms with Gasteiger partial charge in [-0.05, 0) is 54.5 Å². The van der Waals surface area contributed by atoms with Gasteiger partial charge < -0.3 is 0 Å². The van der Waals surface area contributed by atoms with Crippen LogP contribution in [0.25, 0.3) is 11.4 Å². The van der Waals surface area contributed by atoms with E-state index in [1.54, 1.807) is 37.3 Å². The number of hydrogen-bond donors (Lipinski definition) is 0. The molecule has 2 heterocycles. The summed E-state index contributed by atoms with van der Waals surface area (Å²) in [5.74, 6) is -0.384. The molecule has 29 heavy (non-hydrogen) atoms. The lowest BCUT2D eigenvalue weighted by Crippen LogP contribution is -2.30. The molecule has 0 radical (unpaired) electrons. The second-order valence-electron chi connectivity index (χ2n) is 6.64. The maximum Gasteiger partial charge on any atom is 0.234 e. The van der Waals surface area contributed by atoms with E-state index >= 15 is 0 Å². The first-order valence-electron chi connectivity index (χ1n) is 9.07. The molecule has 1 aliphatic rings. The summed E-state index contributed by atoms with van der Waals surface area (Å²) in [5.41, 5.74) is 2.36. The van der Waals surface area contributed by atoms with Gasteiger partial charge in [-0.3, -0.25) is 9.10 Å². The van der Waals surface area contributed by atoms with Crippen LogP contribution in [0, 0.1) is 5.82 Å². The molecule has 0 amide bonds. The average molecular weight is 415 g/mol. The Morgan fingerprint density at radius 1 is 1.21 bits per heavy atom. The van der Waals surface area contributed by atoms with Gasteiger partial charge in [0.05, 0.1) is 11.4 Å². The van der Waals surface area contributed by atoms with Crippen LogP contribution >= 0.6 is 0 Å². The fourth-order valence-electron chi connectivity index (χ4n) is 3.26. The van der Waals surface area contributed by atoms with E-state index < -0.39 is 15.8 Å². The number of ketones is 1. The number of nitrogens with zero attached hydrogens (tertiary/aromatic N) is 5. The highest BCUT2D eigenvalue weighted by atomic mass is 32.2. The van der Waals surface area contributed by atoms with Crippen molar-refractivity contribution in [1.82, 2.24) is 20.2 Å². The van der Waals surface area contributed by atoms with Gasteiger partial charge in [-0.25, -0.2) is 12.8 Å². The molecule has 1 aliphatic heterocycles. The van der Waals surface area contributed by atoms with Gasteiger partial charge in [0.1, 0.15) is 12.4 Å². The number of aromatic nitrogens is 4. The van der Waals surface area contributed by atoms with Gasteiger partial charge in [0.25, 0.3) is 0 Å². The zero-order valence-corrected chi connectivity index (χ0v) is 16.4. The zero-order valence-electron chi connectivity index (χ0n) is 15.6. The number of benzene rings is 2. The molecule has 0 unspecified atom stereocenters. The number of hydrogen-bond acceptors (Lipinski definition) is 6. The highest BCUT2D eigenvalue weighted by Crippen LogP contribution is 2.31. The summed E-state index contributed by atoms with van der Waals surface area (Å²) in [6.07, 6.45) is 0.557. The molecule has 0 saturated carbocycles. The van der Waals surface area contributed by atoms with Crippen LogP contribution in [-0.4, -0.2) is 46.7 Å². The highest BCUT2D eigenvalue weighted by molar-refractivity contribution is 7.92. The molecular formula is C19H18FN5O3S. The highest BCUT2D eigenvalue weighted by Gasteiger charge is 2.28. The number of carbonyl (C=O) groups excluding carboxylic acids is 1. The van der Waals surface area contributed by atoms with Crippen molar-refractivity contribution in [3.05, 3.63) is 59.4 Å². The number of tetrazole rings is 1. The normalized spacial score (nSPS) is 13.5. The maximum atomic E-state index is 13.3. The number of rotatable bonds is 6. The Hall–Kier alpha value is -3.14. The quantitative estimate of drug-likeness (QED) is 0.572. The van der Waals surface area contributed by atoms with Crippen LogP contribution in [0.2, 0.25) is 0 Å². The van der Waals surface area contributed by atoms with Crippen molar-refractivity contribution in [2.24, 2.45) is 0 Å². The summed E-state index contributed by atoms with van der Waals surface area (Å²) in [7, 11) is -3.33.